The van der Waals surface area contributed by atoms with Crippen molar-refractivity contribution in [3.05, 3.63) is 41.6 Å². The Balaban J connectivity index is 1.89. The van der Waals surface area contributed by atoms with Crippen LogP contribution >= 0.6 is 11.8 Å². The first-order chi connectivity index (χ1) is 9.69. The highest BCUT2D eigenvalue weighted by molar-refractivity contribution is 8.13. The van der Waals surface area contributed by atoms with E-state index in [4.69, 9.17) is 0 Å². The standard InChI is InChI=1S/C17H21NOS/c1-13(20-2)18-12-11-15-5-8-16(9-6-15)17(19)10-7-14-3-4-14/h5-6,8-9,11-12,14H,3-4,7,10H2,1-2H3/b12-11+,18-13?. The highest BCUT2D eigenvalue weighted by Gasteiger charge is 2.22. The molecular formula is C17H21NOS. The molecule has 20 heavy (non-hydrogen) atoms. The van der Waals surface area contributed by atoms with Crippen molar-refractivity contribution < 1.29 is 4.79 Å². The molecule has 0 radical (unpaired) electrons. The first-order valence-corrected chi connectivity index (χ1v) is 8.29. The van der Waals surface area contributed by atoms with E-state index in [-0.39, 0.29) is 5.78 Å². The second-order valence-electron chi connectivity index (χ2n) is 5.20. The van der Waals surface area contributed by atoms with Gasteiger partial charge in [0.15, 0.2) is 5.78 Å². The number of ketones is 1. The van der Waals surface area contributed by atoms with Crippen LogP contribution in [0.25, 0.3) is 6.08 Å². The smallest absolute Gasteiger partial charge is 0.162 e. The molecule has 0 aromatic heterocycles. The summed E-state index contributed by atoms with van der Waals surface area (Å²) in [6.45, 7) is 1.98. The number of hydrogen-bond donors (Lipinski definition) is 0. The number of rotatable bonds is 6. The second-order valence-corrected chi connectivity index (χ2v) is 6.19. The number of thioether (sulfide) groups is 1. The first kappa shape index (κ1) is 15.0. The van der Waals surface area contributed by atoms with Crippen LogP contribution in [-0.4, -0.2) is 17.1 Å². The predicted octanol–water partition coefficient (Wildman–Crippen LogP) is 4.81. The number of hydrogen-bond acceptors (Lipinski definition) is 3. The van der Waals surface area contributed by atoms with Crippen LogP contribution in [0.1, 0.15) is 48.5 Å². The minimum atomic E-state index is 0.267. The topological polar surface area (TPSA) is 29.4 Å². The highest BCUT2D eigenvalue weighted by atomic mass is 32.2. The Morgan fingerprint density at radius 3 is 2.65 bits per heavy atom. The summed E-state index contributed by atoms with van der Waals surface area (Å²) in [6.07, 6.45) is 10.1. The predicted molar refractivity (Wildman–Crippen MR) is 88.4 cm³/mol. The number of carbonyl (C=O) groups excluding carboxylic acids is 1. The summed E-state index contributed by atoms with van der Waals surface area (Å²) in [6, 6.07) is 7.79. The molecule has 0 unspecified atom stereocenters. The Morgan fingerprint density at radius 2 is 2.05 bits per heavy atom. The van der Waals surface area contributed by atoms with Crippen molar-refractivity contribution in [1.29, 1.82) is 0 Å². The molecule has 1 aliphatic rings. The average Bonchev–Trinajstić information content (AvgIpc) is 3.29. The number of aliphatic imine (C=N–C) groups is 1. The molecule has 1 aromatic carbocycles. The van der Waals surface area contributed by atoms with Gasteiger partial charge in [0.1, 0.15) is 0 Å². The normalized spacial score (nSPS) is 15.8. The Bertz CT molecular complexity index is 512. The van der Waals surface area contributed by atoms with E-state index in [1.54, 1.807) is 18.0 Å². The van der Waals surface area contributed by atoms with Crippen LogP contribution in [0.4, 0.5) is 0 Å². The minimum Gasteiger partial charge on any atom is -0.294 e. The van der Waals surface area contributed by atoms with E-state index in [9.17, 15) is 4.79 Å². The van der Waals surface area contributed by atoms with Crippen molar-refractivity contribution >= 4 is 28.7 Å². The lowest BCUT2D eigenvalue weighted by molar-refractivity contribution is 0.0978. The molecule has 0 atom stereocenters. The molecule has 0 heterocycles. The van der Waals surface area contributed by atoms with Gasteiger partial charge in [-0.15, -0.1) is 11.8 Å². The van der Waals surface area contributed by atoms with Crippen LogP contribution in [0.3, 0.4) is 0 Å². The zero-order valence-electron chi connectivity index (χ0n) is 12.1. The SMILES string of the molecule is CSC(C)=N/C=C/c1ccc(C(=O)CCC2CC2)cc1. The van der Waals surface area contributed by atoms with Crippen LogP contribution in [0.15, 0.2) is 35.5 Å². The monoisotopic (exact) mass is 287 g/mol. The van der Waals surface area contributed by atoms with Gasteiger partial charge in [-0.1, -0.05) is 37.1 Å². The van der Waals surface area contributed by atoms with E-state index in [0.29, 0.717) is 6.42 Å². The Labute approximate surface area is 125 Å². The van der Waals surface area contributed by atoms with E-state index in [0.717, 1.165) is 28.5 Å². The molecule has 1 fully saturated rings. The lowest BCUT2D eigenvalue weighted by Gasteiger charge is -2.01. The molecule has 0 spiro atoms. The van der Waals surface area contributed by atoms with Crippen LogP contribution in [0.2, 0.25) is 0 Å². The van der Waals surface area contributed by atoms with E-state index in [1.807, 2.05) is 43.5 Å². The van der Waals surface area contributed by atoms with Gasteiger partial charge in [0, 0.05) is 18.2 Å². The fourth-order valence-electron chi connectivity index (χ4n) is 1.95. The number of benzene rings is 1. The van der Waals surface area contributed by atoms with Crippen molar-refractivity contribution in [3.63, 3.8) is 0 Å². The molecule has 106 valence electrons. The number of Topliss-reactive ketones (excluding diaryl/α,β-unsaturated/α-hetero) is 1. The minimum absolute atomic E-state index is 0.267. The maximum atomic E-state index is 12.0. The number of carbonyl (C=O) groups is 1. The Kier molecular flexibility index (Phi) is 5.60. The fraction of sp³-hybridized carbons (Fsp3) is 0.412. The molecule has 0 N–H and O–H groups in total. The zero-order valence-corrected chi connectivity index (χ0v) is 13.0. The summed E-state index contributed by atoms with van der Waals surface area (Å²) >= 11 is 1.63. The Morgan fingerprint density at radius 1 is 1.35 bits per heavy atom. The van der Waals surface area contributed by atoms with Crippen molar-refractivity contribution in [2.75, 3.05) is 6.26 Å². The molecule has 1 aliphatic carbocycles. The van der Waals surface area contributed by atoms with Crippen LogP contribution in [-0.2, 0) is 0 Å². The van der Waals surface area contributed by atoms with E-state index >= 15 is 0 Å². The molecule has 0 saturated heterocycles. The first-order valence-electron chi connectivity index (χ1n) is 7.07. The van der Waals surface area contributed by atoms with Crippen molar-refractivity contribution in [2.45, 2.75) is 32.6 Å². The molecule has 2 rings (SSSR count). The molecule has 0 bridgehead atoms. The van der Waals surface area contributed by atoms with Gasteiger partial charge < -0.3 is 0 Å². The number of nitrogens with zero attached hydrogens (tertiary/aromatic N) is 1. The third kappa shape index (κ3) is 4.97. The van der Waals surface area contributed by atoms with Gasteiger partial charge in [0.05, 0.1) is 5.04 Å². The molecule has 1 aromatic rings. The van der Waals surface area contributed by atoms with Gasteiger partial charge in [-0.25, -0.2) is 0 Å². The summed E-state index contributed by atoms with van der Waals surface area (Å²) in [7, 11) is 0. The van der Waals surface area contributed by atoms with Gasteiger partial charge >= 0.3 is 0 Å². The quantitative estimate of drug-likeness (QED) is 0.427. The molecular weight excluding hydrogens is 266 g/mol. The fourth-order valence-corrected chi connectivity index (χ4v) is 2.11. The summed E-state index contributed by atoms with van der Waals surface area (Å²) in [4.78, 5) is 16.3. The van der Waals surface area contributed by atoms with Gasteiger partial charge in [0.2, 0.25) is 0 Å². The highest BCUT2D eigenvalue weighted by Crippen LogP contribution is 2.33. The van der Waals surface area contributed by atoms with Gasteiger partial charge in [-0.3, -0.25) is 9.79 Å². The van der Waals surface area contributed by atoms with Crippen molar-refractivity contribution in [1.82, 2.24) is 0 Å². The average molecular weight is 287 g/mol. The molecule has 0 amide bonds. The second kappa shape index (κ2) is 7.44. The maximum absolute atomic E-state index is 12.0. The third-order valence-electron chi connectivity index (χ3n) is 3.53. The molecule has 1 saturated carbocycles. The lowest BCUT2D eigenvalue weighted by Crippen LogP contribution is -1.99. The summed E-state index contributed by atoms with van der Waals surface area (Å²) < 4.78 is 0. The third-order valence-corrected chi connectivity index (χ3v) is 4.22. The van der Waals surface area contributed by atoms with Crippen LogP contribution in [0.5, 0.6) is 0 Å². The molecule has 3 heteroatoms. The van der Waals surface area contributed by atoms with E-state index in [2.05, 4.69) is 4.99 Å². The zero-order chi connectivity index (χ0) is 14.4. The van der Waals surface area contributed by atoms with Crippen LogP contribution < -0.4 is 0 Å². The summed E-state index contributed by atoms with van der Waals surface area (Å²) in [5.74, 6) is 1.09. The van der Waals surface area contributed by atoms with Crippen molar-refractivity contribution in [2.24, 2.45) is 10.9 Å². The Hall–Kier alpha value is -1.35. The largest absolute Gasteiger partial charge is 0.294 e. The van der Waals surface area contributed by atoms with Gasteiger partial charge in [0.25, 0.3) is 0 Å². The molecule has 2 nitrogen and oxygen atoms in total. The maximum Gasteiger partial charge on any atom is 0.162 e. The summed E-state index contributed by atoms with van der Waals surface area (Å²) in [5, 5.41) is 1.04. The van der Waals surface area contributed by atoms with Crippen LogP contribution in [0, 0.1) is 5.92 Å². The van der Waals surface area contributed by atoms with E-state index in [1.165, 1.54) is 12.8 Å². The van der Waals surface area contributed by atoms with Gasteiger partial charge in [-0.05, 0) is 37.2 Å². The van der Waals surface area contributed by atoms with Crippen molar-refractivity contribution in [3.8, 4) is 0 Å². The van der Waals surface area contributed by atoms with E-state index < -0.39 is 0 Å². The molecule has 0 aliphatic heterocycles. The lowest BCUT2D eigenvalue weighted by atomic mass is 10.0. The van der Waals surface area contributed by atoms with Gasteiger partial charge in [-0.2, -0.15) is 0 Å². The summed E-state index contributed by atoms with van der Waals surface area (Å²) in [5.41, 5.74) is 1.90.